The van der Waals surface area contributed by atoms with Crippen molar-refractivity contribution < 1.29 is 4.79 Å². The van der Waals surface area contributed by atoms with Gasteiger partial charge in [0.15, 0.2) is 0 Å². The van der Waals surface area contributed by atoms with Crippen molar-refractivity contribution in [1.82, 2.24) is 4.90 Å². The first-order valence-corrected chi connectivity index (χ1v) is 5.56. The van der Waals surface area contributed by atoms with E-state index in [-0.39, 0.29) is 5.91 Å². The Morgan fingerprint density at radius 2 is 2.13 bits per heavy atom. The zero-order valence-electron chi connectivity index (χ0n) is 8.39. The van der Waals surface area contributed by atoms with E-state index in [1.54, 1.807) is 11.8 Å². The van der Waals surface area contributed by atoms with Crippen LogP contribution in [0.25, 0.3) is 0 Å². The summed E-state index contributed by atoms with van der Waals surface area (Å²) in [4.78, 5) is 13.0. The Hall–Kier alpha value is -0.730. The molecule has 1 amide bonds. The van der Waals surface area contributed by atoms with Gasteiger partial charge in [-0.1, -0.05) is 29.3 Å². The third kappa shape index (κ3) is 1.97. The van der Waals surface area contributed by atoms with Gasteiger partial charge in [0.05, 0.1) is 10.0 Å². The Bertz CT molecular complexity index is 417. The Labute approximate surface area is 98.8 Å². The maximum Gasteiger partial charge on any atom is 0.219 e. The summed E-state index contributed by atoms with van der Waals surface area (Å²) in [5.41, 5.74) is 2.19. The normalized spacial score (nSPS) is 15.0. The Morgan fingerprint density at radius 3 is 2.80 bits per heavy atom. The van der Waals surface area contributed by atoms with Gasteiger partial charge in [0, 0.05) is 20.0 Å². The maximum absolute atomic E-state index is 11.3. The molecule has 15 heavy (non-hydrogen) atoms. The fourth-order valence-corrected chi connectivity index (χ4v) is 2.25. The molecular weight excluding hydrogens is 233 g/mol. The second-order valence-electron chi connectivity index (χ2n) is 3.69. The van der Waals surface area contributed by atoms with Crippen LogP contribution in [-0.2, 0) is 17.8 Å². The van der Waals surface area contributed by atoms with Crippen LogP contribution in [0.1, 0.15) is 18.1 Å². The Balaban J connectivity index is 2.39. The zero-order valence-corrected chi connectivity index (χ0v) is 9.90. The summed E-state index contributed by atoms with van der Waals surface area (Å²) in [5, 5.41) is 1.14. The highest BCUT2D eigenvalue weighted by Crippen LogP contribution is 2.32. The third-order valence-corrected chi connectivity index (χ3v) is 3.58. The average molecular weight is 244 g/mol. The van der Waals surface area contributed by atoms with Crippen LogP contribution in [-0.4, -0.2) is 17.4 Å². The molecule has 0 spiro atoms. The van der Waals surface area contributed by atoms with Crippen LogP contribution in [0.2, 0.25) is 10.0 Å². The molecule has 0 aromatic heterocycles. The fourth-order valence-electron chi connectivity index (χ4n) is 1.83. The molecule has 0 saturated carbocycles. The number of hydrogen-bond donors (Lipinski definition) is 0. The van der Waals surface area contributed by atoms with Gasteiger partial charge >= 0.3 is 0 Å². The lowest BCUT2D eigenvalue weighted by molar-refractivity contribution is -0.129. The summed E-state index contributed by atoms with van der Waals surface area (Å²) < 4.78 is 0. The second kappa shape index (κ2) is 4.03. The SMILES string of the molecule is CC(=O)N1CCc2ccc(Cl)c(Cl)c2C1. The van der Waals surface area contributed by atoms with Crippen LogP contribution in [0.3, 0.4) is 0 Å². The standard InChI is InChI=1S/C11H11Cl2NO/c1-7(15)14-5-4-8-2-3-10(12)11(13)9(8)6-14/h2-3H,4-6H2,1H3. The van der Waals surface area contributed by atoms with Gasteiger partial charge < -0.3 is 4.90 Å². The van der Waals surface area contributed by atoms with Crippen molar-refractivity contribution in [2.75, 3.05) is 6.54 Å². The van der Waals surface area contributed by atoms with Crippen molar-refractivity contribution in [3.05, 3.63) is 33.3 Å². The quantitative estimate of drug-likeness (QED) is 0.687. The summed E-state index contributed by atoms with van der Waals surface area (Å²) in [6.45, 7) is 2.91. The summed E-state index contributed by atoms with van der Waals surface area (Å²) in [6.07, 6.45) is 0.853. The molecular formula is C11H11Cl2NO. The zero-order chi connectivity index (χ0) is 11.0. The minimum absolute atomic E-state index is 0.0803. The lowest BCUT2D eigenvalue weighted by atomic mass is 10.00. The van der Waals surface area contributed by atoms with E-state index in [4.69, 9.17) is 23.2 Å². The molecule has 1 aliphatic heterocycles. The lowest BCUT2D eigenvalue weighted by Gasteiger charge is -2.28. The number of amides is 1. The molecule has 1 aromatic rings. The van der Waals surface area contributed by atoms with Gasteiger partial charge in [-0.15, -0.1) is 0 Å². The van der Waals surface area contributed by atoms with E-state index >= 15 is 0 Å². The topological polar surface area (TPSA) is 20.3 Å². The Kier molecular flexibility index (Phi) is 2.89. The molecule has 2 nitrogen and oxygen atoms in total. The molecule has 4 heteroatoms. The maximum atomic E-state index is 11.3. The second-order valence-corrected chi connectivity index (χ2v) is 4.47. The van der Waals surface area contributed by atoms with Gasteiger partial charge in [0.2, 0.25) is 5.91 Å². The van der Waals surface area contributed by atoms with Crippen LogP contribution in [0, 0.1) is 0 Å². The van der Waals surface area contributed by atoms with E-state index in [9.17, 15) is 4.79 Å². The highest BCUT2D eigenvalue weighted by atomic mass is 35.5. The Morgan fingerprint density at radius 1 is 1.40 bits per heavy atom. The molecule has 0 atom stereocenters. The number of hydrogen-bond acceptors (Lipinski definition) is 1. The highest BCUT2D eigenvalue weighted by molar-refractivity contribution is 6.42. The molecule has 80 valence electrons. The van der Waals surface area contributed by atoms with Crippen LogP contribution in [0.4, 0.5) is 0 Å². The molecule has 0 saturated heterocycles. The van der Waals surface area contributed by atoms with Crippen molar-refractivity contribution in [2.45, 2.75) is 19.9 Å². The minimum atomic E-state index is 0.0803. The van der Waals surface area contributed by atoms with Crippen molar-refractivity contribution in [2.24, 2.45) is 0 Å². The van der Waals surface area contributed by atoms with E-state index in [2.05, 4.69) is 0 Å². The molecule has 0 N–H and O–H groups in total. The van der Waals surface area contributed by atoms with Gasteiger partial charge in [0.25, 0.3) is 0 Å². The van der Waals surface area contributed by atoms with Gasteiger partial charge in [0.1, 0.15) is 0 Å². The smallest absolute Gasteiger partial charge is 0.219 e. The predicted octanol–water partition coefficient (Wildman–Crippen LogP) is 2.90. The van der Waals surface area contributed by atoms with Gasteiger partial charge in [-0.25, -0.2) is 0 Å². The van der Waals surface area contributed by atoms with Crippen molar-refractivity contribution in [3.8, 4) is 0 Å². The summed E-state index contributed by atoms with van der Waals surface area (Å²) in [7, 11) is 0. The first-order valence-electron chi connectivity index (χ1n) is 4.81. The first-order chi connectivity index (χ1) is 7.09. The molecule has 0 fully saturated rings. The largest absolute Gasteiger partial charge is 0.338 e. The lowest BCUT2D eigenvalue weighted by Crippen LogP contribution is -2.34. The van der Waals surface area contributed by atoms with E-state index in [0.29, 0.717) is 16.6 Å². The van der Waals surface area contributed by atoms with Crippen LogP contribution in [0.15, 0.2) is 12.1 Å². The van der Waals surface area contributed by atoms with Crippen LogP contribution in [0.5, 0.6) is 0 Å². The number of carbonyl (C=O) groups is 1. The molecule has 0 unspecified atom stereocenters. The number of benzene rings is 1. The van der Waals surface area contributed by atoms with E-state index in [1.807, 2.05) is 12.1 Å². The van der Waals surface area contributed by atoms with Crippen molar-refractivity contribution >= 4 is 29.1 Å². The van der Waals surface area contributed by atoms with Crippen molar-refractivity contribution in [3.63, 3.8) is 0 Å². The molecule has 1 aromatic carbocycles. The molecule has 0 radical (unpaired) electrons. The van der Waals surface area contributed by atoms with E-state index in [1.165, 1.54) is 5.56 Å². The summed E-state index contributed by atoms with van der Waals surface area (Å²) >= 11 is 12.0. The number of rotatable bonds is 0. The molecule has 1 heterocycles. The summed E-state index contributed by atoms with van der Waals surface area (Å²) in [5.74, 6) is 0.0803. The molecule has 0 aliphatic carbocycles. The third-order valence-electron chi connectivity index (χ3n) is 2.74. The number of fused-ring (bicyclic) bond motifs is 1. The summed E-state index contributed by atoms with van der Waals surface area (Å²) in [6, 6.07) is 3.80. The number of nitrogens with zero attached hydrogens (tertiary/aromatic N) is 1. The van der Waals surface area contributed by atoms with Crippen LogP contribution >= 0.6 is 23.2 Å². The van der Waals surface area contributed by atoms with Gasteiger partial charge in [-0.05, 0) is 23.6 Å². The number of carbonyl (C=O) groups excluding carboxylic acids is 1. The monoisotopic (exact) mass is 243 g/mol. The molecule has 1 aliphatic rings. The van der Waals surface area contributed by atoms with Crippen LogP contribution < -0.4 is 0 Å². The van der Waals surface area contributed by atoms with E-state index < -0.39 is 0 Å². The fraction of sp³-hybridized carbons (Fsp3) is 0.364. The van der Waals surface area contributed by atoms with Gasteiger partial charge in [-0.3, -0.25) is 4.79 Å². The highest BCUT2D eigenvalue weighted by Gasteiger charge is 2.21. The minimum Gasteiger partial charge on any atom is -0.338 e. The molecule has 2 rings (SSSR count). The van der Waals surface area contributed by atoms with Gasteiger partial charge in [-0.2, -0.15) is 0 Å². The van der Waals surface area contributed by atoms with E-state index in [0.717, 1.165) is 18.5 Å². The number of halogens is 2. The molecule has 0 bridgehead atoms. The van der Waals surface area contributed by atoms with Crippen molar-refractivity contribution in [1.29, 1.82) is 0 Å². The predicted molar refractivity (Wildman–Crippen MR) is 61.3 cm³/mol. The first kappa shape index (κ1) is 10.8. The average Bonchev–Trinajstić information content (AvgIpc) is 2.23.